The maximum absolute atomic E-state index is 11.7. The number of nitrogens with zero attached hydrogens (tertiary/aromatic N) is 2. The molecule has 116 valence electrons. The molecule has 23 heavy (non-hydrogen) atoms. The largest absolute Gasteiger partial charge is 0.481 e. The predicted octanol–water partition coefficient (Wildman–Crippen LogP) is 2.83. The number of amides is 1. The van der Waals surface area contributed by atoms with Crippen molar-refractivity contribution in [3.8, 4) is 5.69 Å². The van der Waals surface area contributed by atoms with Gasteiger partial charge in [-0.1, -0.05) is 18.2 Å². The molecule has 0 radical (unpaired) electrons. The topological polar surface area (TPSA) is 84.2 Å². The molecule has 6 nitrogen and oxygen atoms in total. The van der Waals surface area contributed by atoms with E-state index in [2.05, 4.69) is 10.3 Å². The summed E-state index contributed by atoms with van der Waals surface area (Å²) in [6, 6.07) is 15.3. The number of para-hydroxylation sites is 1. The van der Waals surface area contributed by atoms with E-state index in [9.17, 15) is 9.59 Å². The van der Waals surface area contributed by atoms with E-state index in [0.717, 1.165) is 16.7 Å². The van der Waals surface area contributed by atoms with Gasteiger partial charge in [-0.25, -0.2) is 4.98 Å². The summed E-state index contributed by atoms with van der Waals surface area (Å²) in [5.74, 6) is -1.31. The number of carbonyl (C=O) groups is 2. The molecule has 0 saturated carbocycles. The Morgan fingerprint density at radius 3 is 2.61 bits per heavy atom. The average molecular weight is 309 g/mol. The Kier molecular flexibility index (Phi) is 4.05. The molecular formula is C17H15N3O3. The molecule has 0 aliphatic rings. The molecule has 0 bridgehead atoms. The summed E-state index contributed by atoms with van der Waals surface area (Å²) in [5.41, 5.74) is 3.30. The third-order valence-corrected chi connectivity index (χ3v) is 3.43. The van der Waals surface area contributed by atoms with Crippen LogP contribution in [0.25, 0.3) is 16.7 Å². The first-order valence-electron chi connectivity index (χ1n) is 7.17. The van der Waals surface area contributed by atoms with E-state index in [0.29, 0.717) is 5.69 Å². The monoisotopic (exact) mass is 309 g/mol. The van der Waals surface area contributed by atoms with Crippen LogP contribution in [-0.4, -0.2) is 26.5 Å². The number of imidazole rings is 1. The van der Waals surface area contributed by atoms with Gasteiger partial charge in [0.2, 0.25) is 5.91 Å². The van der Waals surface area contributed by atoms with Crippen LogP contribution in [0.2, 0.25) is 0 Å². The van der Waals surface area contributed by atoms with Crippen LogP contribution in [0.3, 0.4) is 0 Å². The highest BCUT2D eigenvalue weighted by atomic mass is 16.4. The normalized spacial score (nSPS) is 10.6. The second-order valence-electron chi connectivity index (χ2n) is 5.10. The molecule has 0 fully saturated rings. The average Bonchev–Trinajstić information content (AvgIpc) is 2.97. The summed E-state index contributed by atoms with van der Waals surface area (Å²) in [6.07, 6.45) is 1.50. The quantitative estimate of drug-likeness (QED) is 0.759. The van der Waals surface area contributed by atoms with Gasteiger partial charge in [0, 0.05) is 17.8 Å². The van der Waals surface area contributed by atoms with Crippen molar-refractivity contribution in [2.75, 3.05) is 5.32 Å². The number of anilines is 1. The summed E-state index contributed by atoms with van der Waals surface area (Å²) in [6.45, 7) is 0. The minimum Gasteiger partial charge on any atom is -0.481 e. The van der Waals surface area contributed by atoms with Crippen molar-refractivity contribution < 1.29 is 14.7 Å². The standard InChI is InChI=1S/C17H15N3O3/c21-16(8-9-17(22)23)19-12-6-7-15-14(10-12)18-11-20(15)13-4-2-1-3-5-13/h1-7,10-11H,8-9H2,(H,19,21)(H,22,23). The first-order chi connectivity index (χ1) is 11.1. The van der Waals surface area contributed by atoms with Crippen molar-refractivity contribution in [1.29, 1.82) is 0 Å². The number of carboxylic acids is 1. The molecule has 3 aromatic rings. The number of nitrogens with one attached hydrogen (secondary N) is 1. The number of aliphatic carboxylic acids is 1. The van der Waals surface area contributed by atoms with Gasteiger partial charge in [0.05, 0.1) is 17.5 Å². The molecule has 0 atom stereocenters. The van der Waals surface area contributed by atoms with Crippen LogP contribution in [0.1, 0.15) is 12.8 Å². The van der Waals surface area contributed by atoms with Gasteiger partial charge in [0.1, 0.15) is 6.33 Å². The molecule has 1 amide bonds. The van der Waals surface area contributed by atoms with Crippen LogP contribution < -0.4 is 5.32 Å². The van der Waals surface area contributed by atoms with E-state index in [1.165, 1.54) is 0 Å². The van der Waals surface area contributed by atoms with Crippen molar-refractivity contribution in [2.45, 2.75) is 12.8 Å². The highest BCUT2D eigenvalue weighted by molar-refractivity contribution is 5.94. The maximum atomic E-state index is 11.7. The van der Waals surface area contributed by atoms with Crippen LogP contribution in [0.5, 0.6) is 0 Å². The second kappa shape index (κ2) is 6.31. The fraction of sp³-hybridized carbons (Fsp3) is 0.118. The van der Waals surface area contributed by atoms with Crippen molar-refractivity contribution >= 4 is 28.6 Å². The highest BCUT2D eigenvalue weighted by Gasteiger charge is 2.08. The molecule has 3 rings (SSSR count). The zero-order chi connectivity index (χ0) is 16.2. The van der Waals surface area contributed by atoms with E-state index in [-0.39, 0.29) is 18.7 Å². The molecule has 0 saturated heterocycles. The molecule has 6 heteroatoms. The molecule has 0 aliphatic heterocycles. The maximum Gasteiger partial charge on any atom is 0.303 e. The molecule has 1 heterocycles. The Labute approximate surface area is 132 Å². The van der Waals surface area contributed by atoms with Gasteiger partial charge in [-0.05, 0) is 30.3 Å². The molecule has 0 aliphatic carbocycles. The van der Waals surface area contributed by atoms with Gasteiger partial charge in [0.25, 0.3) is 0 Å². The third kappa shape index (κ3) is 3.37. The Morgan fingerprint density at radius 1 is 1.09 bits per heavy atom. The molecule has 2 aromatic carbocycles. The van der Waals surface area contributed by atoms with E-state index in [1.807, 2.05) is 41.0 Å². The number of carbonyl (C=O) groups excluding carboxylic acids is 1. The molecule has 0 unspecified atom stereocenters. The number of aromatic nitrogens is 2. The summed E-state index contributed by atoms with van der Waals surface area (Å²) in [5, 5.41) is 11.3. The van der Waals surface area contributed by atoms with Crippen LogP contribution in [0.15, 0.2) is 54.9 Å². The Balaban J connectivity index is 1.81. The lowest BCUT2D eigenvalue weighted by Gasteiger charge is -2.06. The Hall–Kier alpha value is -3.15. The van der Waals surface area contributed by atoms with E-state index in [4.69, 9.17) is 5.11 Å². The van der Waals surface area contributed by atoms with Crippen LogP contribution in [-0.2, 0) is 9.59 Å². The second-order valence-corrected chi connectivity index (χ2v) is 5.10. The Morgan fingerprint density at radius 2 is 1.87 bits per heavy atom. The minimum absolute atomic E-state index is 0.0498. The van der Waals surface area contributed by atoms with Gasteiger partial charge in [0.15, 0.2) is 0 Å². The molecule has 0 spiro atoms. The first-order valence-corrected chi connectivity index (χ1v) is 7.17. The minimum atomic E-state index is -0.989. The van der Waals surface area contributed by atoms with E-state index in [1.54, 1.807) is 18.5 Å². The molecule has 2 N–H and O–H groups in total. The van der Waals surface area contributed by atoms with Gasteiger partial charge in [-0.2, -0.15) is 0 Å². The lowest BCUT2D eigenvalue weighted by Crippen LogP contribution is -2.13. The van der Waals surface area contributed by atoms with Gasteiger partial charge in [-0.3, -0.25) is 14.2 Å². The summed E-state index contributed by atoms with van der Waals surface area (Å²) < 4.78 is 1.96. The van der Waals surface area contributed by atoms with E-state index >= 15 is 0 Å². The fourth-order valence-corrected chi connectivity index (χ4v) is 2.33. The van der Waals surface area contributed by atoms with E-state index < -0.39 is 5.97 Å². The van der Waals surface area contributed by atoms with Crippen molar-refractivity contribution in [1.82, 2.24) is 9.55 Å². The zero-order valence-electron chi connectivity index (χ0n) is 12.3. The Bertz CT molecular complexity index is 856. The van der Waals surface area contributed by atoms with Crippen molar-refractivity contribution in [2.24, 2.45) is 0 Å². The van der Waals surface area contributed by atoms with Gasteiger partial charge < -0.3 is 10.4 Å². The lowest BCUT2D eigenvalue weighted by atomic mass is 10.2. The number of fused-ring (bicyclic) bond motifs is 1. The predicted molar refractivity (Wildman–Crippen MR) is 86.6 cm³/mol. The van der Waals surface area contributed by atoms with Gasteiger partial charge >= 0.3 is 5.97 Å². The number of hydrogen-bond acceptors (Lipinski definition) is 3. The van der Waals surface area contributed by atoms with Crippen LogP contribution in [0.4, 0.5) is 5.69 Å². The molecule has 1 aromatic heterocycles. The summed E-state index contributed by atoms with van der Waals surface area (Å²) >= 11 is 0. The number of rotatable bonds is 5. The SMILES string of the molecule is O=C(O)CCC(=O)Nc1ccc2c(c1)ncn2-c1ccccc1. The third-order valence-electron chi connectivity index (χ3n) is 3.43. The van der Waals surface area contributed by atoms with Crippen LogP contribution >= 0.6 is 0 Å². The van der Waals surface area contributed by atoms with Crippen molar-refractivity contribution in [3.05, 3.63) is 54.9 Å². The number of benzene rings is 2. The first kappa shape index (κ1) is 14.8. The number of hydrogen-bond donors (Lipinski definition) is 2. The van der Waals surface area contributed by atoms with Crippen LogP contribution in [0, 0.1) is 0 Å². The lowest BCUT2D eigenvalue weighted by molar-refractivity contribution is -0.138. The number of carboxylic acid groups (broad SMARTS) is 1. The fourth-order valence-electron chi connectivity index (χ4n) is 2.33. The smallest absolute Gasteiger partial charge is 0.303 e. The highest BCUT2D eigenvalue weighted by Crippen LogP contribution is 2.21. The van der Waals surface area contributed by atoms with Gasteiger partial charge in [-0.15, -0.1) is 0 Å². The summed E-state index contributed by atoms with van der Waals surface area (Å²) in [4.78, 5) is 26.5. The summed E-state index contributed by atoms with van der Waals surface area (Å²) in [7, 11) is 0. The molecular weight excluding hydrogens is 294 g/mol. The van der Waals surface area contributed by atoms with Crippen molar-refractivity contribution in [3.63, 3.8) is 0 Å². The zero-order valence-corrected chi connectivity index (χ0v) is 12.3.